The fourth-order valence-corrected chi connectivity index (χ4v) is 3.52. The summed E-state index contributed by atoms with van der Waals surface area (Å²) in [6, 6.07) is 16.2. The van der Waals surface area contributed by atoms with E-state index in [4.69, 9.17) is 9.47 Å². The lowest BCUT2D eigenvalue weighted by Crippen LogP contribution is -2.30. The van der Waals surface area contributed by atoms with Gasteiger partial charge in [-0.3, -0.25) is 4.79 Å². The van der Waals surface area contributed by atoms with E-state index in [1.165, 1.54) is 5.56 Å². The molecule has 26 heavy (non-hydrogen) atoms. The van der Waals surface area contributed by atoms with Crippen LogP contribution >= 0.6 is 0 Å². The Morgan fingerprint density at radius 1 is 1.15 bits per heavy atom. The third kappa shape index (κ3) is 4.57. The zero-order valence-corrected chi connectivity index (χ0v) is 15.6. The molecule has 2 aromatic rings. The van der Waals surface area contributed by atoms with Crippen molar-refractivity contribution in [1.29, 1.82) is 0 Å². The number of carbonyl (C=O) groups is 1. The summed E-state index contributed by atoms with van der Waals surface area (Å²) in [6.45, 7) is 3.44. The van der Waals surface area contributed by atoms with Gasteiger partial charge in [0.05, 0.1) is 19.8 Å². The van der Waals surface area contributed by atoms with Gasteiger partial charge < -0.3 is 14.4 Å². The molecule has 0 saturated carbocycles. The van der Waals surface area contributed by atoms with Gasteiger partial charge in [0.1, 0.15) is 11.5 Å². The summed E-state index contributed by atoms with van der Waals surface area (Å²) in [5.74, 6) is 1.92. The van der Waals surface area contributed by atoms with Crippen molar-refractivity contribution in [3.63, 3.8) is 0 Å². The van der Waals surface area contributed by atoms with Crippen LogP contribution in [-0.2, 0) is 4.79 Å². The number of benzene rings is 2. The van der Waals surface area contributed by atoms with Crippen LogP contribution in [0.25, 0.3) is 0 Å². The lowest BCUT2D eigenvalue weighted by Gasteiger charge is -2.25. The highest BCUT2D eigenvalue weighted by molar-refractivity contribution is 5.77. The average Bonchev–Trinajstić information content (AvgIpc) is 3.15. The second-order valence-electron chi connectivity index (χ2n) is 6.79. The van der Waals surface area contributed by atoms with Crippen molar-refractivity contribution in [2.45, 2.75) is 38.6 Å². The number of rotatable bonds is 7. The highest BCUT2D eigenvalue weighted by Crippen LogP contribution is 2.34. The topological polar surface area (TPSA) is 38.8 Å². The average molecular weight is 353 g/mol. The zero-order chi connectivity index (χ0) is 18.4. The predicted molar refractivity (Wildman–Crippen MR) is 103 cm³/mol. The molecule has 4 nitrogen and oxygen atoms in total. The summed E-state index contributed by atoms with van der Waals surface area (Å²) in [5.41, 5.74) is 2.34. The first kappa shape index (κ1) is 18.3. The van der Waals surface area contributed by atoms with Gasteiger partial charge in [-0.15, -0.1) is 0 Å². The standard InChI is InChI=1S/C22H27NO3/c1-17-7-3-10-20(15-17)26-14-6-12-22(24)23-13-5-11-21(23)18-8-4-9-19(16-18)25-2/h3-4,7-10,15-16,21H,5-6,11-14H2,1-2H3. The summed E-state index contributed by atoms with van der Waals surface area (Å²) in [7, 11) is 1.67. The van der Waals surface area contributed by atoms with E-state index in [0.29, 0.717) is 13.0 Å². The van der Waals surface area contributed by atoms with Crippen LogP contribution in [0.3, 0.4) is 0 Å². The monoisotopic (exact) mass is 353 g/mol. The van der Waals surface area contributed by atoms with E-state index in [2.05, 4.69) is 6.07 Å². The van der Waals surface area contributed by atoms with E-state index in [9.17, 15) is 4.79 Å². The maximum Gasteiger partial charge on any atom is 0.223 e. The fraction of sp³-hybridized carbons (Fsp3) is 0.409. The van der Waals surface area contributed by atoms with Gasteiger partial charge in [0, 0.05) is 13.0 Å². The van der Waals surface area contributed by atoms with E-state index in [-0.39, 0.29) is 11.9 Å². The van der Waals surface area contributed by atoms with Gasteiger partial charge in [-0.05, 0) is 61.6 Å². The molecule has 1 saturated heterocycles. The molecule has 3 rings (SSSR count). The van der Waals surface area contributed by atoms with Gasteiger partial charge in [-0.2, -0.15) is 0 Å². The molecule has 1 atom stereocenters. The highest BCUT2D eigenvalue weighted by atomic mass is 16.5. The Kier molecular flexibility index (Phi) is 6.16. The number of hydrogen-bond acceptors (Lipinski definition) is 3. The van der Waals surface area contributed by atoms with E-state index in [1.54, 1.807) is 7.11 Å². The zero-order valence-electron chi connectivity index (χ0n) is 15.6. The van der Waals surface area contributed by atoms with E-state index in [1.807, 2.05) is 54.3 Å². The van der Waals surface area contributed by atoms with Crippen LogP contribution in [0.5, 0.6) is 11.5 Å². The molecule has 138 valence electrons. The Bertz CT molecular complexity index is 744. The number of aryl methyl sites for hydroxylation is 1. The lowest BCUT2D eigenvalue weighted by molar-refractivity contribution is -0.132. The SMILES string of the molecule is COc1cccc(C2CCCN2C(=O)CCCOc2cccc(C)c2)c1. The summed E-state index contributed by atoms with van der Waals surface area (Å²) in [6.07, 6.45) is 3.31. The van der Waals surface area contributed by atoms with Crippen LogP contribution in [0.2, 0.25) is 0 Å². The van der Waals surface area contributed by atoms with Crippen molar-refractivity contribution < 1.29 is 14.3 Å². The van der Waals surface area contributed by atoms with Crippen LogP contribution in [0, 0.1) is 6.92 Å². The summed E-state index contributed by atoms with van der Waals surface area (Å²) < 4.78 is 11.1. The molecule has 2 aromatic carbocycles. The number of likely N-dealkylation sites (tertiary alicyclic amines) is 1. The molecule has 0 radical (unpaired) electrons. The number of hydrogen-bond donors (Lipinski definition) is 0. The molecule has 1 aliphatic heterocycles. The smallest absolute Gasteiger partial charge is 0.223 e. The molecule has 1 amide bonds. The quantitative estimate of drug-likeness (QED) is 0.687. The Labute approximate surface area is 155 Å². The first-order valence-corrected chi connectivity index (χ1v) is 9.30. The molecule has 0 aliphatic carbocycles. The number of nitrogens with zero attached hydrogens (tertiary/aromatic N) is 1. The Morgan fingerprint density at radius 2 is 1.96 bits per heavy atom. The first-order valence-electron chi connectivity index (χ1n) is 9.30. The van der Waals surface area contributed by atoms with Gasteiger partial charge in [-0.25, -0.2) is 0 Å². The normalized spacial score (nSPS) is 16.5. The van der Waals surface area contributed by atoms with Crippen molar-refractivity contribution in [2.24, 2.45) is 0 Å². The molecule has 1 heterocycles. The molecule has 1 fully saturated rings. The number of carbonyl (C=O) groups excluding carboxylic acids is 1. The Balaban J connectivity index is 1.51. The van der Waals surface area contributed by atoms with Gasteiger partial charge in [-0.1, -0.05) is 24.3 Å². The van der Waals surface area contributed by atoms with Crippen LogP contribution in [0.1, 0.15) is 42.9 Å². The predicted octanol–water partition coefficient (Wildman–Crippen LogP) is 4.53. The van der Waals surface area contributed by atoms with Crippen molar-refractivity contribution in [3.8, 4) is 11.5 Å². The molecule has 0 bridgehead atoms. The van der Waals surface area contributed by atoms with Crippen LogP contribution in [-0.4, -0.2) is 31.1 Å². The minimum Gasteiger partial charge on any atom is -0.497 e. The Morgan fingerprint density at radius 3 is 2.77 bits per heavy atom. The minimum atomic E-state index is 0.162. The maximum atomic E-state index is 12.7. The minimum absolute atomic E-state index is 0.162. The second kappa shape index (κ2) is 8.75. The van der Waals surface area contributed by atoms with E-state index in [0.717, 1.165) is 42.9 Å². The summed E-state index contributed by atoms with van der Waals surface area (Å²) in [5, 5.41) is 0. The fourth-order valence-electron chi connectivity index (χ4n) is 3.52. The summed E-state index contributed by atoms with van der Waals surface area (Å²) >= 11 is 0. The molecule has 0 spiro atoms. The van der Waals surface area contributed by atoms with Crippen molar-refractivity contribution >= 4 is 5.91 Å². The van der Waals surface area contributed by atoms with Crippen LogP contribution in [0.4, 0.5) is 0 Å². The molecule has 4 heteroatoms. The maximum absolute atomic E-state index is 12.7. The number of methoxy groups -OCH3 is 1. The van der Waals surface area contributed by atoms with E-state index >= 15 is 0 Å². The van der Waals surface area contributed by atoms with Gasteiger partial charge in [0.15, 0.2) is 0 Å². The Hall–Kier alpha value is -2.49. The lowest BCUT2D eigenvalue weighted by atomic mass is 10.0. The highest BCUT2D eigenvalue weighted by Gasteiger charge is 2.29. The third-order valence-electron chi connectivity index (χ3n) is 4.84. The van der Waals surface area contributed by atoms with Crippen molar-refractivity contribution in [2.75, 3.05) is 20.3 Å². The number of ether oxygens (including phenoxy) is 2. The van der Waals surface area contributed by atoms with Crippen LogP contribution < -0.4 is 9.47 Å². The molecule has 0 N–H and O–H groups in total. The van der Waals surface area contributed by atoms with Gasteiger partial charge in [0.2, 0.25) is 5.91 Å². The first-order chi connectivity index (χ1) is 12.7. The van der Waals surface area contributed by atoms with Crippen LogP contribution in [0.15, 0.2) is 48.5 Å². The molecule has 1 aliphatic rings. The summed E-state index contributed by atoms with van der Waals surface area (Å²) in [4.78, 5) is 14.7. The van der Waals surface area contributed by atoms with E-state index < -0.39 is 0 Å². The molecular formula is C22H27NO3. The largest absolute Gasteiger partial charge is 0.497 e. The molecular weight excluding hydrogens is 326 g/mol. The molecule has 1 unspecified atom stereocenters. The van der Waals surface area contributed by atoms with Gasteiger partial charge in [0.25, 0.3) is 0 Å². The second-order valence-corrected chi connectivity index (χ2v) is 6.79. The van der Waals surface area contributed by atoms with Gasteiger partial charge >= 0.3 is 0 Å². The number of amides is 1. The van der Waals surface area contributed by atoms with Crippen molar-refractivity contribution in [1.82, 2.24) is 4.90 Å². The third-order valence-corrected chi connectivity index (χ3v) is 4.84. The van der Waals surface area contributed by atoms with Crippen molar-refractivity contribution in [3.05, 3.63) is 59.7 Å². The molecule has 0 aromatic heterocycles.